The minimum absolute atomic E-state index is 0.128. The van der Waals surface area contributed by atoms with Crippen LogP contribution in [-0.2, 0) is 42.1 Å². The maximum Gasteiger partial charge on any atom is 0.323 e. The van der Waals surface area contributed by atoms with E-state index in [4.69, 9.17) is 4.74 Å². The van der Waals surface area contributed by atoms with Crippen LogP contribution >= 0.6 is 0 Å². The molecule has 1 N–H and O–H groups in total. The molecule has 0 aliphatic rings. The molecule has 0 saturated heterocycles. The lowest BCUT2D eigenvalue weighted by Gasteiger charge is -2.33. The van der Waals surface area contributed by atoms with E-state index in [1.807, 2.05) is 48.5 Å². The molecule has 0 saturated carbocycles. The fourth-order valence-corrected chi connectivity index (χ4v) is 5.36. The number of ether oxygens (including phenoxy) is 1. The molecule has 0 fully saturated rings. The van der Waals surface area contributed by atoms with Crippen molar-refractivity contribution in [1.29, 1.82) is 0 Å². The normalized spacial score (nSPS) is 12.5. The van der Waals surface area contributed by atoms with Gasteiger partial charge in [-0.1, -0.05) is 152 Å². The molecule has 0 aromatic heterocycles. The number of hydrogen-bond acceptors (Lipinski definition) is 4. The third-order valence-electron chi connectivity index (χ3n) is 7.68. The average Bonchev–Trinajstić information content (AvgIpc) is 3.07. The van der Waals surface area contributed by atoms with Crippen LogP contribution in [0.1, 0.15) is 27.8 Å². The number of esters is 1. The smallest absolute Gasteiger partial charge is 0.323 e. The van der Waals surface area contributed by atoms with E-state index in [9.17, 15) is 4.79 Å². The van der Waals surface area contributed by atoms with E-state index >= 15 is 0 Å². The number of rotatable bonds is 15. The summed E-state index contributed by atoms with van der Waals surface area (Å²) in [4.78, 5) is 16.1. The fraction of sp³-hybridized carbons (Fsp3) is 0.205. The number of nitrogens with one attached hydrogen (secondary N) is 1. The first-order valence-corrected chi connectivity index (χ1v) is 15.1. The Kier molecular flexibility index (Phi) is 11.3. The molecule has 5 aromatic rings. The molecule has 0 unspecified atom stereocenters. The van der Waals surface area contributed by atoms with E-state index in [0.717, 1.165) is 30.6 Å². The van der Waals surface area contributed by atoms with Crippen LogP contribution in [-0.4, -0.2) is 29.5 Å². The Morgan fingerprint density at radius 1 is 0.535 bits per heavy atom. The lowest BCUT2D eigenvalue weighted by molar-refractivity contribution is -0.147. The number of nitrogens with zero attached hydrogens (tertiary/aromatic N) is 1. The molecule has 5 aromatic carbocycles. The fourth-order valence-electron chi connectivity index (χ4n) is 5.36. The number of hydrogen-bond donors (Lipinski definition) is 1. The zero-order valence-electron chi connectivity index (χ0n) is 24.6. The highest BCUT2D eigenvalue weighted by atomic mass is 16.5. The Morgan fingerprint density at radius 3 is 1.40 bits per heavy atom. The SMILES string of the molecule is O=C(OCc1ccccc1)[C@H](Cc1ccccc1)NC[C@@H](Cc1ccccc1)N(Cc1ccccc1)Cc1ccccc1. The Bertz CT molecular complexity index is 1440. The molecule has 5 rings (SSSR count). The van der Waals surface area contributed by atoms with Gasteiger partial charge in [-0.05, 0) is 40.7 Å². The predicted molar refractivity (Wildman–Crippen MR) is 174 cm³/mol. The first kappa shape index (κ1) is 30.0. The van der Waals surface area contributed by atoms with Gasteiger partial charge >= 0.3 is 5.97 Å². The van der Waals surface area contributed by atoms with Crippen molar-refractivity contribution in [3.05, 3.63) is 179 Å². The van der Waals surface area contributed by atoms with E-state index in [-0.39, 0.29) is 18.6 Å². The van der Waals surface area contributed by atoms with Crippen molar-refractivity contribution >= 4 is 5.97 Å². The third-order valence-corrected chi connectivity index (χ3v) is 7.68. The molecule has 0 amide bonds. The molecule has 0 spiro atoms. The number of carbonyl (C=O) groups is 1. The Hall–Kier alpha value is -4.51. The number of carbonyl (C=O) groups excluding carboxylic acids is 1. The van der Waals surface area contributed by atoms with Gasteiger partial charge in [-0.25, -0.2) is 0 Å². The predicted octanol–water partition coefficient (Wildman–Crippen LogP) is 7.24. The molecular formula is C39H40N2O2. The molecule has 218 valence electrons. The first-order valence-electron chi connectivity index (χ1n) is 15.1. The van der Waals surface area contributed by atoms with Gasteiger partial charge in [0.15, 0.2) is 0 Å². The van der Waals surface area contributed by atoms with Gasteiger partial charge in [-0.15, -0.1) is 0 Å². The van der Waals surface area contributed by atoms with Gasteiger partial charge in [0.1, 0.15) is 12.6 Å². The summed E-state index contributed by atoms with van der Waals surface area (Å²) in [6.45, 7) is 2.49. The van der Waals surface area contributed by atoms with Crippen LogP contribution in [0.5, 0.6) is 0 Å². The molecule has 0 aliphatic heterocycles. The molecule has 43 heavy (non-hydrogen) atoms. The highest BCUT2D eigenvalue weighted by molar-refractivity contribution is 5.76. The van der Waals surface area contributed by atoms with Crippen LogP contribution in [0, 0.1) is 0 Å². The summed E-state index contributed by atoms with van der Waals surface area (Å²) in [5.74, 6) is -0.233. The van der Waals surface area contributed by atoms with Gasteiger partial charge in [0.25, 0.3) is 0 Å². The van der Waals surface area contributed by atoms with Crippen molar-refractivity contribution in [1.82, 2.24) is 10.2 Å². The summed E-state index contributed by atoms with van der Waals surface area (Å²) >= 11 is 0. The maximum atomic E-state index is 13.5. The van der Waals surface area contributed by atoms with Gasteiger partial charge in [0.05, 0.1) is 0 Å². The molecular weight excluding hydrogens is 528 g/mol. The Labute approximate surface area is 256 Å². The van der Waals surface area contributed by atoms with Crippen LogP contribution in [0.15, 0.2) is 152 Å². The molecule has 2 atom stereocenters. The minimum atomic E-state index is -0.473. The summed E-state index contributed by atoms with van der Waals surface area (Å²) in [5, 5.41) is 3.66. The van der Waals surface area contributed by atoms with E-state index < -0.39 is 6.04 Å². The first-order chi connectivity index (χ1) is 21.2. The van der Waals surface area contributed by atoms with Crippen molar-refractivity contribution < 1.29 is 9.53 Å². The number of benzene rings is 5. The molecule has 0 bridgehead atoms. The second-order valence-corrected chi connectivity index (χ2v) is 11.0. The summed E-state index contributed by atoms with van der Waals surface area (Å²) < 4.78 is 5.85. The van der Waals surface area contributed by atoms with Gasteiger partial charge < -0.3 is 10.1 Å². The van der Waals surface area contributed by atoms with Crippen LogP contribution in [0.2, 0.25) is 0 Å². The van der Waals surface area contributed by atoms with E-state index in [1.54, 1.807) is 0 Å². The average molecular weight is 569 g/mol. The topological polar surface area (TPSA) is 41.6 Å². The van der Waals surface area contributed by atoms with Crippen LogP contribution in [0.25, 0.3) is 0 Å². The van der Waals surface area contributed by atoms with E-state index in [1.165, 1.54) is 16.7 Å². The third kappa shape index (κ3) is 9.78. The van der Waals surface area contributed by atoms with Gasteiger partial charge in [0, 0.05) is 25.7 Å². The lowest BCUT2D eigenvalue weighted by Crippen LogP contribution is -2.49. The second kappa shape index (κ2) is 16.2. The minimum Gasteiger partial charge on any atom is -0.460 e. The highest BCUT2D eigenvalue weighted by Crippen LogP contribution is 2.18. The molecule has 0 aliphatic carbocycles. The van der Waals surface area contributed by atoms with Crippen molar-refractivity contribution in [2.24, 2.45) is 0 Å². The summed E-state index contributed by atoms with van der Waals surface area (Å²) in [7, 11) is 0. The second-order valence-electron chi connectivity index (χ2n) is 11.0. The van der Waals surface area contributed by atoms with E-state index in [2.05, 4.69) is 113 Å². The van der Waals surface area contributed by atoms with Crippen LogP contribution in [0.4, 0.5) is 0 Å². The maximum absolute atomic E-state index is 13.5. The summed E-state index contributed by atoms with van der Waals surface area (Å²) in [6, 6.07) is 51.5. The van der Waals surface area contributed by atoms with Crippen molar-refractivity contribution in [3.63, 3.8) is 0 Å². The molecule has 4 heteroatoms. The van der Waals surface area contributed by atoms with Crippen LogP contribution < -0.4 is 5.32 Å². The van der Waals surface area contributed by atoms with Crippen molar-refractivity contribution in [2.45, 2.75) is 44.6 Å². The van der Waals surface area contributed by atoms with Crippen molar-refractivity contribution in [3.8, 4) is 0 Å². The molecule has 4 nitrogen and oxygen atoms in total. The monoisotopic (exact) mass is 568 g/mol. The zero-order valence-corrected chi connectivity index (χ0v) is 24.6. The van der Waals surface area contributed by atoms with Crippen molar-refractivity contribution in [2.75, 3.05) is 6.54 Å². The quantitative estimate of drug-likeness (QED) is 0.135. The summed E-state index contributed by atoms with van der Waals surface area (Å²) in [5.41, 5.74) is 5.88. The van der Waals surface area contributed by atoms with Crippen LogP contribution in [0.3, 0.4) is 0 Å². The summed E-state index contributed by atoms with van der Waals surface area (Å²) in [6.07, 6.45) is 1.41. The molecule has 0 radical (unpaired) electrons. The lowest BCUT2D eigenvalue weighted by atomic mass is 10.0. The Balaban J connectivity index is 1.39. The highest BCUT2D eigenvalue weighted by Gasteiger charge is 2.25. The largest absolute Gasteiger partial charge is 0.460 e. The zero-order chi connectivity index (χ0) is 29.5. The molecule has 0 heterocycles. The Morgan fingerprint density at radius 2 is 0.930 bits per heavy atom. The van der Waals surface area contributed by atoms with Gasteiger partial charge in [0.2, 0.25) is 0 Å². The van der Waals surface area contributed by atoms with Gasteiger partial charge in [-0.3, -0.25) is 9.69 Å². The standard InChI is InChI=1S/C39H40N2O2/c42-39(43-31-36-24-14-5-15-25-36)38(27-33-18-8-2-9-19-33)40-28-37(26-32-16-6-1-7-17-32)41(29-34-20-10-3-11-21-34)30-35-22-12-4-13-23-35/h1-25,37-38,40H,26-31H2/t37-,38+/m1/s1. The van der Waals surface area contributed by atoms with E-state index in [0.29, 0.717) is 13.0 Å². The van der Waals surface area contributed by atoms with Gasteiger partial charge in [-0.2, -0.15) is 0 Å².